The molecule has 0 radical (unpaired) electrons. The number of rotatable bonds is 1. The van der Waals surface area contributed by atoms with Gasteiger partial charge in [-0.25, -0.2) is 4.98 Å². The first-order valence-corrected chi connectivity index (χ1v) is 5.21. The largest absolute Gasteiger partial charge is 0.346 e. The lowest BCUT2D eigenvalue weighted by Crippen LogP contribution is -2.34. The van der Waals surface area contributed by atoms with Crippen LogP contribution in [0.2, 0.25) is 0 Å². The van der Waals surface area contributed by atoms with Crippen molar-refractivity contribution in [3.63, 3.8) is 0 Å². The van der Waals surface area contributed by atoms with Gasteiger partial charge in [0, 0.05) is 12.6 Å². The minimum Gasteiger partial charge on any atom is -0.346 e. The van der Waals surface area contributed by atoms with E-state index in [1.807, 2.05) is 26.8 Å². The Labute approximate surface area is 94.4 Å². The van der Waals surface area contributed by atoms with Gasteiger partial charge in [-0.2, -0.15) is 5.06 Å². The number of hydrogen-bond donors (Lipinski definition) is 1. The summed E-state index contributed by atoms with van der Waals surface area (Å²) in [5, 5.41) is 4.74. The molecule has 0 aliphatic carbocycles. The molecular formula is C11H15N3O2. The van der Waals surface area contributed by atoms with Crippen LogP contribution < -0.4 is 10.4 Å². The van der Waals surface area contributed by atoms with E-state index < -0.39 is 0 Å². The van der Waals surface area contributed by atoms with E-state index >= 15 is 0 Å². The summed E-state index contributed by atoms with van der Waals surface area (Å²) in [5.74, 6) is 0.438. The van der Waals surface area contributed by atoms with Crippen molar-refractivity contribution in [3.05, 3.63) is 17.3 Å². The summed E-state index contributed by atoms with van der Waals surface area (Å²) in [6.07, 6.45) is -0.0908. The topological polar surface area (TPSA) is 54.5 Å². The molecule has 0 fully saturated rings. The number of aryl methyl sites for hydroxylation is 2. The molecule has 0 saturated heterocycles. The minimum absolute atomic E-state index is 0.0908. The van der Waals surface area contributed by atoms with E-state index in [1.165, 1.54) is 6.92 Å². The van der Waals surface area contributed by atoms with Gasteiger partial charge in [0.2, 0.25) is 0 Å². The number of aromatic nitrogens is 1. The fourth-order valence-electron chi connectivity index (χ4n) is 1.92. The molecule has 5 nitrogen and oxygen atoms in total. The maximum absolute atomic E-state index is 11.0. The predicted molar refractivity (Wildman–Crippen MR) is 61.0 cm³/mol. The van der Waals surface area contributed by atoms with Crippen molar-refractivity contribution in [2.45, 2.75) is 33.9 Å². The van der Waals surface area contributed by atoms with Crippen molar-refractivity contribution in [1.82, 2.24) is 4.98 Å². The van der Waals surface area contributed by atoms with Crippen molar-refractivity contribution in [3.8, 4) is 0 Å². The second-order valence-electron chi connectivity index (χ2n) is 4.01. The van der Waals surface area contributed by atoms with E-state index in [0.29, 0.717) is 0 Å². The Bertz CT molecular complexity index is 445. The summed E-state index contributed by atoms with van der Waals surface area (Å²) in [5.41, 5.74) is 2.83. The number of anilines is 2. The highest BCUT2D eigenvalue weighted by Crippen LogP contribution is 2.36. The fraction of sp³-hybridized carbons (Fsp3) is 0.455. The molecule has 1 aromatic rings. The molecule has 2 rings (SSSR count). The molecule has 86 valence electrons. The van der Waals surface area contributed by atoms with Crippen molar-refractivity contribution >= 4 is 17.5 Å². The molecule has 1 atom stereocenters. The number of pyridine rings is 1. The Morgan fingerprint density at radius 3 is 2.88 bits per heavy atom. The highest BCUT2D eigenvalue weighted by atomic mass is 16.7. The van der Waals surface area contributed by atoms with Crippen molar-refractivity contribution in [2.75, 3.05) is 10.4 Å². The van der Waals surface area contributed by atoms with E-state index in [-0.39, 0.29) is 12.1 Å². The lowest BCUT2D eigenvalue weighted by atomic mass is 10.2. The number of nitrogens with zero attached hydrogens (tertiary/aromatic N) is 2. The molecule has 0 saturated carbocycles. The Kier molecular flexibility index (Phi) is 2.46. The highest BCUT2D eigenvalue weighted by Gasteiger charge is 2.31. The van der Waals surface area contributed by atoms with Crippen LogP contribution in [0.1, 0.15) is 25.1 Å². The Balaban J connectivity index is 2.43. The third-order valence-electron chi connectivity index (χ3n) is 2.46. The van der Waals surface area contributed by atoms with Gasteiger partial charge in [0.15, 0.2) is 5.82 Å². The first-order chi connectivity index (χ1) is 7.49. The Morgan fingerprint density at radius 1 is 1.56 bits per heavy atom. The lowest BCUT2D eigenvalue weighted by Gasteiger charge is -2.21. The molecule has 1 aromatic heterocycles. The van der Waals surface area contributed by atoms with Crippen LogP contribution in [0, 0.1) is 13.8 Å². The van der Waals surface area contributed by atoms with E-state index in [9.17, 15) is 4.79 Å². The number of carbonyl (C=O) groups is 1. The molecule has 0 spiro atoms. The second-order valence-corrected chi connectivity index (χ2v) is 4.01. The maximum Gasteiger partial charge on any atom is 0.329 e. The molecule has 5 heteroatoms. The zero-order valence-corrected chi connectivity index (χ0v) is 9.87. The van der Waals surface area contributed by atoms with Crippen molar-refractivity contribution in [1.29, 1.82) is 0 Å². The molecule has 1 aliphatic heterocycles. The summed E-state index contributed by atoms with van der Waals surface area (Å²) < 4.78 is 0. The first-order valence-electron chi connectivity index (χ1n) is 5.21. The van der Waals surface area contributed by atoms with Gasteiger partial charge in [-0.15, -0.1) is 0 Å². The number of carbonyl (C=O) groups excluding carboxylic acids is 1. The highest BCUT2D eigenvalue weighted by molar-refractivity contribution is 5.77. The quantitative estimate of drug-likeness (QED) is 0.783. The molecule has 16 heavy (non-hydrogen) atoms. The fourth-order valence-corrected chi connectivity index (χ4v) is 1.92. The van der Waals surface area contributed by atoms with Crippen LogP contribution >= 0.6 is 0 Å². The molecule has 1 aliphatic rings. The van der Waals surface area contributed by atoms with Crippen LogP contribution in [0.5, 0.6) is 0 Å². The van der Waals surface area contributed by atoms with E-state index in [2.05, 4.69) is 10.3 Å². The minimum atomic E-state index is -0.332. The molecule has 2 heterocycles. The molecule has 0 aromatic carbocycles. The smallest absolute Gasteiger partial charge is 0.329 e. The van der Waals surface area contributed by atoms with E-state index in [1.54, 1.807) is 5.06 Å². The van der Waals surface area contributed by atoms with Gasteiger partial charge in [0.1, 0.15) is 11.9 Å². The lowest BCUT2D eigenvalue weighted by molar-refractivity contribution is -0.142. The van der Waals surface area contributed by atoms with Crippen LogP contribution in [0.4, 0.5) is 11.5 Å². The van der Waals surface area contributed by atoms with Gasteiger partial charge in [-0.1, -0.05) is 0 Å². The second kappa shape index (κ2) is 3.66. The first kappa shape index (κ1) is 10.7. The SMILES string of the molecule is CC(=O)ON1c2c(C)cc(C)nc2NC1C. The van der Waals surface area contributed by atoms with E-state index in [4.69, 9.17) is 4.84 Å². The molecule has 0 bridgehead atoms. The Morgan fingerprint density at radius 2 is 2.25 bits per heavy atom. The normalized spacial score (nSPS) is 18.0. The molecule has 0 amide bonds. The zero-order chi connectivity index (χ0) is 11.9. The van der Waals surface area contributed by atoms with Gasteiger partial charge in [-0.3, -0.25) is 4.79 Å². The summed E-state index contributed by atoms with van der Waals surface area (Å²) in [6.45, 7) is 7.22. The average molecular weight is 221 g/mol. The van der Waals surface area contributed by atoms with Gasteiger partial charge in [0.25, 0.3) is 0 Å². The van der Waals surface area contributed by atoms with Gasteiger partial charge in [-0.05, 0) is 32.4 Å². The third-order valence-corrected chi connectivity index (χ3v) is 2.46. The number of hydroxylamine groups is 1. The van der Waals surface area contributed by atoms with Crippen molar-refractivity contribution < 1.29 is 9.63 Å². The summed E-state index contributed by atoms with van der Waals surface area (Å²) in [4.78, 5) is 20.6. The molecule has 1 N–H and O–H groups in total. The number of fused-ring (bicyclic) bond motifs is 1. The monoisotopic (exact) mass is 221 g/mol. The molecular weight excluding hydrogens is 206 g/mol. The van der Waals surface area contributed by atoms with Crippen LogP contribution in [0.25, 0.3) is 0 Å². The van der Waals surface area contributed by atoms with Crippen LogP contribution in [-0.4, -0.2) is 17.1 Å². The average Bonchev–Trinajstić information content (AvgIpc) is 2.41. The van der Waals surface area contributed by atoms with Crippen molar-refractivity contribution in [2.24, 2.45) is 0 Å². The Hall–Kier alpha value is -1.78. The predicted octanol–water partition coefficient (Wildman–Crippen LogP) is 1.75. The van der Waals surface area contributed by atoms with Crippen LogP contribution in [0.3, 0.4) is 0 Å². The summed E-state index contributed by atoms with van der Waals surface area (Å²) >= 11 is 0. The van der Waals surface area contributed by atoms with E-state index in [0.717, 1.165) is 22.8 Å². The van der Waals surface area contributed by atoms with Gasteiger partial charge < -0.3 is 10.2 Å². The van der Waals surface area contributed by atoms with Gasteiger partial charge in [0.05, 0.1) is 0 Å². The summed E-state index contributed by atoms with van der Waals surface area (Å²) in [6, 6.07) is 1.97. The van der Waals surface area contributed by atoms with Gasteiger partial charge >= 0.3 is 5.97 Å². The number of hydrogen-bond acceptors (Lipinski definition) is 5. The summed E-state index contributed by atoms with van der Waals surface area (Å²) in [7, 11) is 0. The number of nitrogens with one attached hydrogen (secondary N) is 1. The maximum atomic E-state index is 11.0. The molecule has 1 unspecified atom stereocenters. The van der Waals surface area contributed by atoms with Crippen LogP contribution in [-0.2, 0) is 9.63 Å². The standard InChI is InChI=1S/C11H15N3O2/c1-6-5-7(2)12-11-10(6)14(8(3)13-11)16-9(4)15/h5,8H,1-4H3,(H,12,13). The van der Waals surface area contributed by atoms with Crippen LogP contribution in [0.15, 0.2) is 6.07 Å². The zero-order valence-electron chi connectivity index (χ0n) is 9.87. The third kappa shape index (κ3) is 1.68.